The van der Waals surface area contributed by atoms with Crippen molar-refractivity contribution >= 4 is 22.4 Å². The Balaban J connectivity index is 2.05. The smallest absolute Gasteiger partial charge is 0.303 e. The van der Waals surface area contributed by atoms with Gasteiger partial charge in [0.05, 0.1) is 29.4 Å². The van der Waals surface area contributed by atoms with Crippen molar-refractivity contribution in [1.82, 2.24) is 9.97 Å². The predicted octanol–water partition coefficient (Wildman–Crippen LogP) is 4.89. The van der Waals surface area contributed by atoms with Crippen LogP contribution in [0.1, 0.15) is 50.7 Å². The summed E-state index contributed by atoms with van der Waals surface area (Å²) < 4.78 is 55.7. The summed E-state index contributed by atoms with van der Waals surface area (Å²) in [5, 5.41) is 26.3. The quantitative estimate of drug-likeness (QED) is 0.208. The predicted molar refractivity (Wildman–Crippen MR) is 136 cm³/mol. The molecule has 11 heteroatoms. The van der Waals surface area contributed by atoms with Gasteiger partial charge in [0.2, 0.25) is 0 Å². The summed E-state index contributed by atoms with van der Waals surface area (Å²) in [6.45, 7) is 7.32. The maximum absolute atomic E-state index is 15.3. The Hall–Kier alpha value is -3.15. The van der Waals surface area contributed by atoms with Gasteiger partial charge in [-0.1, -0.05) is 12.1 Å². The number of halogens is 3. The number of nitrogens with zero attached hydrogens (tertiary/aromatic N) is 2. The Kier molecular flexibility index (Phi) is 8.51. The molecule has 1 aromatic heterocycles. The van der Waals surface area contributed by atoms with E-state index in [4.69, 9.17) is 9.47 Å². The van der Waals surface area contributed by atoms with Crippen LogP contribution < -0.4 is 15.4 Å². The molecule has 0 unspecified atom stereocenters. The number of hydrogen-bond acceptors (Lipinski definition) is 8. The first-order chi connectivity index (χ1) is 17.3. The van der Waals surface area contributed by atoms with E-state index in [9.17, 15) is 19.0 Å². The van der Waals surface area contributed by atoms with Crippen LogP contribution in [0.5, 0.6) is 5.75 Å². The highest BCUT2D eigenvalue weighted by Crippen LogP contribution is 2.41. The SMILES string of the molecule is COCCOc1cc2c(N[C@H](C)c3cccc(C(F)(F)C(C)(C)O)c3F)nc(C)nc2cc1N[C@@H](C)O. The number of aryl methyl sites for hydroxylation is 1. The summed E-state index contributed by atoms with van der Waals surface area (Å²) in [5.74, 6) is -3.76. The van der Waals surface area contributed by atoms with Gasteiger partial charge >= 0.3 is 5.92 Å². The number of rotatable bonds is 11. The number of fused-ring (bicyclic) bond motifs is 1. The lowest BCUT2D eigenvalue weighted by molar-refractivity contribution is -0.170. The van der Waals surface area contributed by atoms with Crippen molar-refractivity contribution in [3.05, 3.63) is 53.1 Å². The van der Waals surface area contributed by atoms with Crippen molar-refractivity contribution < 1.29 is 32.9 Å². The van der Waals surface area contributed by atoms with Crippen LogP contribution in [0.4, 0.5) is 24.7 Å². The van der Waals surface area contributed by atoms with Crippen molar-refractivity contribution in [3.8, 4) is 5.75 Å². The number of aliphatic hydroxyl groups excluding tert-OH is 1. The van der Waals surface area contributed by atoms with Crippen LogP contribution in [0.15, 0.2) is 30.3 Å². The fraction of sp³-hybridized carbons (Fsp3) is 0.462. The first kappa shape index (κ1) is 28.4. The molecule has 0 bridgehead atoms. The fourth-order valence-corrected chi connectivity index (χ4v) is 3.81. The van der Waals surface area contributed by atoms with Gasteiger partial charge in [-0.05, 0) is 52.8 Å². The molecule has 0 amide bonds. The van der Waals surface area contributed by atoms with E-state index in [0.717, 1.165) is 19.9 Å². The first-order valence-electron chi connectivity index (χ1n) is 11.8. The van der Waals surface area contributed by atoms with Crippen LogP contribution in [0.2, 0.25) is 0 Å². The lowest BCUT2D eigenvalue weighted by atomic mass is 9.91. The Morgan fingerprint density at radius 1 is 1.08 bits per heavy atom. The van der Waals surface area contributed by atoms with Crippen LogP contribution in [-0.2, 0) is 10.7 Å². The third-order valence-electron chi connectivity index (χ3n) is 5.77. The summed E-state index contributed by atoms with van der Waals surface area (Å²) in [6.07, 6.45) is -0.861. The number of aliphatic hydroxyl groups is 2. The highest BCUT2D eigenvalue weighted by atomic mass is 19.3. The number of nitrogens with one attached hydrogen (secondary N) is 2. The number of anilines is 2. The summed E-state index contributed by atoms with van der Waals surface area (Å²) in [5.41, 5.74) is -2.34. The lowest BCUT2D eigenvalue weighted by Gasteiger charge is -2.30. The van der Waals surface area contributed by atoms with Gasteiger partial charge in [-0.2, -0.15) is 8.78 Å². The lowest BCUT2D eigenvalue weighted by Crippen LogP contribution is -2.41. The maximum atomic E-state index is 15.3. The molecule has 4 N–H and O–H groups in total. The molecule has 0 aliphatic heterocycles. The van der Waals surface area contributed by atoms with Crippen molar-refractivity contribution in [2.75, 3.05) is 31.0 Å². The summed E-state index contributed by atoms with van der Waals surface area (Å²) in [4.78, 5) is 8.91. The van der Waals surface area contributed by atoms with Gasteiger partial charge in [0, 0.05) is 18.1 Å². The Morgan fingerprint density at radius 2 is 1.78 bits per heavy atom. The van der Waals surface area contributed by atoms with Crippen molar-refractivity contribution in [1.29, 1.82) is 0 Å². The van der Waals surface area contributed by atoms with Crippen LogP contribution in [0.3, 0.4) is 0 Å². The number of ether oxygens (including phenoxy) is 2. The molecule has 0 aliphatic rings. The van der Waals surface area contributed by atoms with Crippen LogP contribution in [0.25, 0.3) is 10.9 Å². The zero-order chi connectivity index (χ0) is 27.5. The van der Waals surface area contributed by atoms with Gasteiger partial charge in [-0.3, -0.25) is 0 Å². The van der Waals surface area contributed by atoms with Gasteiger partial charge < -0.3 is 30.3 Å². The average Bonchev–Trinajstić information content (AvgIpc) is 2.78. The summed E-state index contributed by atoms with van der Waals surface area (Å²) in [7, 11) is 1.55. The molecular formula is C26H33F3N4O4. The Bertz CT molecular complexity index is 1250. The van der Waals surface area contributed by atoms with E-state index in [-0.39, 0.29) is 12.2 Å². The van der Waals surface area contributed by atoms with Crippen molar-refractivity contribution in [3.63, 3.8) is 0 Å². The van der Waals surface area contributed by atoms with Crippen molar-refractivity contribution in [2.24, 2.45) is 0 Å². The average molecular weight is 523 g/mol. The zero-order valence-corrected chi connectivity index (χ0v) is 21.7. The largest absolute Gasteiger partial charge is 0.489 e. The molecule has 0 spiro atoms. The van der Waals surface area contributed by atoms with Crippen LogP contribution >= 0.6 is 0 Å². The molecule has 0 aliphatic carbocycles. The van der Waals surface area contributed by atoms with E-state index >= 15 is 4.39 Å². The van der Waals surface area contributed by atoms with E-state index in [1.165, 1.54) is 12.1 Å². The summed E-state index contributed by atoms with van der Waals surface area (Å²) in [6, 6.07) is 6.29. The number of hydrogen-bond donors (Lipinski definition) is 4. The van der Waals surface area contributed by atoms with Crippen LogP contribution in [-0.4, -0.2) is 52.3 Å². The standard InChI is InChI=1S/C26H33F3N4O4/c1-14(17-8-7-9-19(23(17)27)26(28,29)25(4,5)35)30-24-18-12-22(37-11-10-36-6)21(33-16(3)34)13-20(18)31-15(2)32-24/h7-9,12-14,16,33-35H,10-11H2,1-6H3,(H,30,31,32)/t14-,16-/m1/s1. The zero-order valence-electron chi connectivity index (χ0n) is 21.7. The molecule has 2 aromatic carbocycles. The second kappa shape index (κ2) is 11.1. The summed E-state index contributed by atoms with van der Waals surface area (Å²) >= 11 is 0. The number of benzene rings is 2. The highest BCUT2D eigenvalue weighted by Gasteiger charge is 2.49. The molecule has 3 aromatic rings. The minimum Gasteiger partial charge on any atom is -0.489 e. The topological polar surface area (TPSA) is 109 Å². The third kappa shape index (κ3) is 6.23. The third-order valence-corrected chi connectivity index (χ3v) is 5.77. The van der Waals surface area contributed by atoms with Crippen LogP contribution in [0, 0.1) is 12.7 Å². The highest BCUT2D eigenvalue weighted by molar-refractivity contribution is 5.93. The first-order valence-corrected chi connectivity index (χ1v) is 11.8. The minimum atomic E-state index is -3.81. The molecule has 0 radical (unpaired) electrons. The number of aromatic nitrogens is 2. The van der Waals surface area contributed by atoms with Crippen molar-refractivity contribution in [2.45, 2.75) is 58.4 Å². The molecule has 0 saturated heterocycles. The Labute approximate surface area is 213 Å². The maximum Gasteiger partial charge on any atom is 0.303 e. The molecule has 3 rings (SSSR count). The number of alkyl halides is 2. The fourth-order valence-electron chi connectivity index (χ4n) is 3.81. The molecule has 0 saturated carbocycles. The minimum absolute atomic E-state index is 0.0187. The number of methoxy groups -OCH3 is 1. The van der Waals surface area contributed by atoms with Gasteiger partial charge in [-0.15, -0.1) is 0 Å². The molecular weight excluding hydrogens is 489 g/mol. The molecule has 37 heavy (non-hydrogen) atoms. The van der Waals surface area contributed by atoms with E-state index < -0.39 is 35.2 Å². The van der Waals surface area contributed by atoms with Gasteiger partial charge in [0.25, 0.3) is 0 Å². The Morgan fingerprint density at radius 3 is 2.41 bits per heavy atom. The molecule has 0 fully saturated rings. The molecule has 1 heterocycles. The van der Waals surface area contributed by atoms with E-state index in [1.54, 1.807) is 40.0 Å². The second-order valence-electron chi connectivity index (χ2n) is 9.35. The monoisotopic (exact) mass is 522 g/mol. The van der Waals surface area contributed by atoms with Gasteiger partial charge in [0.15, 0.2) is 0 Å². The van der Waals surface area contributed by atoms with E-state index in [2.05, 4.69) is 20.6 Å². The molecule has 2 atom stereocenters. The molecule has 8 nitrogen and oxygen atoms in total. The molecule has 202 valence electrons. The van der Waals surface area contributed by atoms with E-state index in [0.29, 0.717) is 40.6 Å². The van der Waals surface area contributed by atoms with Gasteiger partial charge in [-0.25, -0.2) is 14.4 Å². The van der Waals surface area contributed by atoms with Gasteiger partial charge in [0.1, 0.15) is 41.6 Å². The second-order valence-corrected chi connectivity index (χ2v) is 9.35. The van der Waals surface area contributed by atoms with E-state index in [1.807, 2.05) is 0 Å². The normalized spacial score (nSPS) is 13.9.